The zero-order valence-electron chi connectivity index (χ0n) is 18.3. The second-order valence-electron chi connectivity index (χ2n) is 8.48. The Morgan fingerprint density at radius 1 is 0.786 bits per heavy atom. The second-order valence-corrected chi connectivity index (χ2v) is 8.48. The van der Waals surface area contributed by atoms with Crippen LogP contribution in [0.1, 0.15) is 82.9 Å². The Morgan fingerprint density at radius 3 is 2.11 bits per heavy atom. The van der Waals surface area contributed by atoms with Crippen molar-refractivity contribution in [3.63, 3.8) is 0 Å². The van der Waals surface area contributed by atoms with Crippen LogP contribution in [0.15, 0.2) is 42.5 Å². The molecule has 0 atom stereocenters. The number of aromatic hydroxyl groups is 1. The summed E-state index contributed by atoms with van der Waals surface area (Å²) in [6.07, 6.45) is 10.3. The largest absolute Gasteiger partial charge is 0.508 e. The minimum Gasteiger partial charge on any atom is -0.508 e. The smallest absolute Gasteiger partial charge is 0.123 e. The molecule has 1 N–H and O–H groups in total. The molecule has 0 fully saturated rings. The molecule has 0 bridgehead atoms. The van der Waals surface area contributed by atoms with E-state index in [0.29, 0.717) is 12.2 Å². The summed E-state index contributed by atoms with van der Waals surface area (Å²) in [5, 5.41) is 10.1. The number of aryl methyl sites for hydroxylation is 1. The molecule has 2 nitrogen and oxygen atoms in total. The van der Waals surface area contributed by atoms with E-state index in [1.54, 1.807) is 6.07 Å². The van der Waals surface area contributed by atoms with Crippen LogP contribution in [-0.2, 0) is 19.3 Å². The molecule has 0 saturated carbocycles. The lowest BCUT2D eigenvalue weighted by atomic mass is 9.94. The summed E-state index contributed by atoms with van der Waals surface area (Å²) >= 11 is 0. The van der Waals surface area contributed by atoms with Crippen molar-refractivity contribution < 1.29 is 9.84 Å². The van der Waals surface area contributed by atoms with Crippen LogP contribution in [0.25, 0.3) is 0 Å². The van der Waals surface area contributed by atoms with Crippen molar-refractivity contribution in [2.24, 2.45) is 0 Å². The average molecular weight is 383 g/mol. The molecule has 0 aliphatic heterocycles. The molecule has 0 radical (unpaired) electrons. The van der Waals surface area contributed by atoms with Crippen LogP contribution in [0.4, 0.5) is 0 Å². The highest BCUT2D eigenvalue weighted by atomic mass is 16.5. The van der Waals surface area contributed by atoms with E-state index in [1.807, 2.05) is 18.2 Å². The van der Waals surface area contributed by atoms with Gasteiger partial charge in [0.1, 0.15) is 17.1 Å². The van der Waals surface area contributed by atoms with Gasteiger partial charge in [0, 0.05) is 6.42 Å². The first-order chi connectivity index (χ1) is 13.5. The first-order valence-electron chi connectivity index (χ1n) is 11.0. The Hall–Kier alpha value is -1.96. The van der Waals surface area contributed by atoms with E-state index in [0.717, 1.165) is 24.2 Å². The molecule has 154 valence electrons. The minimum absolute atomic E-state index is 0.343. The van der Waals surface area contributed by atoms with E-state index in [4.69, 9.17) is 4.74 Å². The molecule has 2 aromatic carbocycles. The van der Waals surface area contributed by atoms with E-state index >= 15 is 0 Å². The number of para-hydroxylation sites is 1. The van der Waals surface area contributed by atoms with Crippen LogP contribution in [0, 0.1) is 0 Å². The fourth-order valence-corrected chi connectivity index (χ4v) is 3.79. The standard InChI is InChI=1S/C26H38O2/c1-5-7-9-14-21-16-13-19-25(23(21)17-10-8-6-2)28-26(3,4)20-22-15-11-12-18-24(22)27/h11-13,15-16,18-19,27H,5-10,14,17,20H2,1-4H3. The monoisotopic (exact) mass is 382 g/mol. The van der Waals surface area contributed by atoms with Gasteiger partial charge in [-0.05, 0) is 68.4 Å². The molecule has 0 spiro atoms. The summed E-state index contributed by atoms with van der Waals surface area (Å²) in [5.74, 6) is 1.36. The van der Waals surface area contributed by atoms with Crippen molar-refractivity contribution in [3.8, 4) is 11.5 Å². The number of unbranched alkanes of at least 4 members (excludes halogenated alkanes) is 4. The van der Waals surface area contributed by atoms with Crippen LogP contribution >= 0.6 is 0 Å². The Balaban J connectivity index is 2.21. The highest BCUT2D eigenvalue weighted by Crippen LogP contribution is 2.31. The van der Waals surface area contributed by atoms with E-state index in [1.165, 1.54) is 49.7 Å². The Kier molecular flexibility index (Phi) is 8.89. The topological polar surface area (TPSA) is 29.5 Å². The van der Waals surface area contributed by atoms with E-state index in [-0.39, 0.29) is 5.60 Å². The highest BCUT2D eigenvalue weighted by molar-refractivity contribution is 5.41. The third kappa shape index (κ3) is 6.89. The predicted octanol–water partition coefficient (Wildman–Crippen LogP) is 7.26. The molecule has 0 amide bonds. The Bertz CT molecular complexity index is 718. The second kappa shape index (κ2) is 11.1. The molecular formula is C26H38O2. The first-order valence-corrected chi connectivity index (χ1v) is 11.0. The molecule has 0 aromatic heterocycles. The fraction of sp³-hybridized carbons (Fsp3) is 0.538. The van der Waals surface area contributed by atoms with Gasteiger partial charge in [0.05, 0.1) is 0 Å². The van der Waals surface area contributed by atoms with Gasteiger partial charge in [0.15, 0.2) is 0 Å². The summed E-state index contributed by atoms with van der Waals surface area (Å²) in [7, 11) is 0. The van der Waals surface area contributed by atoms with Crippen LogP contribution in [0.3, 0.4) is 0 Å². The summed E-state index contributed by atoms with van der Waals surface area (Å²) in [4.78, 5) is 0. The number of hydrogen-bond donors (Lipinski definition) is 1. The number of hydrogen-bond acceptors (Lipinski definition) is 2. The van der Waals surface area contributed by atoms with Crippen molar-refractivity contribution in [1.82, 2.24) is 0 Å². The van der Waals surface area contributed by atoms with Gasteiger partial charge >= 0.3 is 0 Å². The summed E-state index contributed by atoms with van der Waals surface area (Å²) < 4.78 is 6.56. The number of rotatable bonds is 12. The van der Waals surface area contributed by atoms with Gasteiger partial charge in [0.25, 0.3) is 0 Å². The summed E-state index contributed by atoms with van der Waals surface area (Å²) in [5.41, 5.74) is 3.37. The van der Waals surface area contributed by atoms with E-state index in [9.17, 15) is 5.11 Å². The highest BCUT2D eigenvalue weighted by Gasteiger charge is 2.24. The van der Waals surface area contributed by atoms with Gasteiger partial charge in [-0.1, -0.05) is 69.9 Å². The lowest BCUT2D eigenvalue weighted by molar-refractivity contribution is 0.107. The Morgan fingerprint density at radius 2 is 1.43 bits per heavy atom. The third-order valence-corrected chi connectivity index (χ3v) is 5.30. The maximum Gasteiger partial charge on any atom is 0.123 e. The molecule has 2 heteroatoms. The van der Waals surface area contributed by atoms with Gasteiger partial charge in [-0.2, -0.15) is 0 Å². The zero-order chi connectivity index (χ0) is 20.4. The van der Waals surface area contributed by atoms with Gasteiger partial charge in [-0.25, -0.2) is 0 Å². The first kappa shape index (κ1) is 22.3. The van der Waals surface area contributed by atoms with Gasteiger partial charge in [0.2, 0.25) is 0 Å². The number of phenols is 1. The van der Waals surface area contributed by atoms with Crippen molar-refractivity contribution >= 4 is 0 Å². The van der Waals surface area contributed by atoms with Crippen LogP contribution in [0.2, 0.25) is 0 Å². The van der Waals surface area contributed by atoms with E-state index in [2.05, 4.69) is 45.9 Å². The molecule has 2 aromatic rings. The predicted molar refractivity (Wildman–Crippen MR) is 119 cm³/mol. The van der Waals surface area contributed by atoms with Crippen molar-refractivity contribution in [2.45, 2.75) is 91.1 Å². The SMILES string of the molecule is CCCCCc1cccc(OC(C)(C)Cc2ccccc2O)c1CCCCC. The molecule has 2 rings (SSSR count). The lowest BCUT2D eigenvalue weighted by Crippen LogP contribution is -2.31. The Labute approximate surface area is 172 Å². The number of benzene rings is 2. The maximum absolute atomic E-state index is 10.1. The number of ether oxygens (including phenoxy) is 1. The number of phenolic OH excluding ortho intramolecular Hbond substituents is 1. The van der Waals surface area contributed by atoms with Crippen molar-refractivity contribution in [3.05, 3.63) is 59.2 Å². The fourth-order valence-electron chi connectivity index (χ4n) is 3.79. The molecule has 0 aliphatic rings. The van der Waals surface area contributed by atoms with Crippen LogP contribution in [-0.4, -0.2) is 10.7 Å². The molecule has 0 heterocycles. The molecule has 0 aliphatic carbocycles. The minimum atomic E-state index is -0.389. The van der Waals surface area contributed by atoms with Crippen molar-refractivity contribution in [1.29, 1.82) is 0 Å². The van der Waals surface area contributed by atoms with Crippen LogP contribution < -0.4 is 4.74 Å². The molecule has 0 unspecified atom stereocenters. The van der Waals surface area contributed by atoms with Gasteiger partial charge < -0.3 is 9.84 Å². The quantitative estimate of drug-likeness (QED) is 0.391. The molecular weight excluding hydrogens is 344 g/mol. The summed E-state index contributed by atoms with van der Waals surface area (Å²) in [6.45, 7) is 8.72. The summed E-state index contributed by atoms with van der Waals surface area (Å²) in [6, 6.07) is 14.1. The zero-order valence-corrected chi connectivity index (χ0v) is 18.3. The maximum atomic E-state index is 10.1. The molecule has 0 saturated heterocycles. The van der Waals surface area contributed by atoms with E-state index < -0.39 is 0 Å². The van der Waals surface area contributed by atoms with Crippen LogP contribution in [0.5, 0.6) is 11.5 Å². The molecule has 28 heavy (non-hydrogen) atoms. The van der Waals surface area contributed by atoms with Gasteiger partial charge in [-0.15, -0.1) is 0 Å². The lowest BCUT2D eigenvalue weighted by Gasteiger charge is -2.29. The van der Waals surface area contributed by atoms with Gasteiger partial charge in [-0.3, -0.25) is 0 Å². The third-order valence-electron chi connectivity index (χ3n) is 5.30. The van der Waals surface area contributed by atoms with Crippen molar-refractivity contribution in [2.75, 3.05) is 0 Å². The average Bonchev–Trinajstić information content (AvgIpc) is 2.65. The normalized spacial score (nSPS) is 11.6.